The predicted molar refractivity (Wildman–Crippen MR) is 77.8 cm³/mol. The summed E-state index contributed by atoms with van der Waals surface area (Å²) < 4.78 is 18.7. The summed E-state index contributed by atoms with van der Waals surface area (Å²) in [4.78, 5) is 10.9. The third-order valence-corrected chi connectivity index (χ3v) is 4.00. The van der Waals surface area contributed by atoms with Crippen LogP contribution in [0.1, 0.15) is 25.7 Å². The molecule has 0 amide bonds. The van der Waals surface area contributed by atoms with Crippen LogP contribution in [-0.4, -0.2) is 30.8 Å². The number of carboxylic acid groups (broad SMARTS) is 1. The Kier molecular flexibility index (Phi) is 5.99. The normalized spacial score (nSPS) is 22.0. The van der Waals surface area contributed by atoms with E-state index in [1.165, 1.54) is 6.07 Å². The molecule has 0 spiro atoms. The van der Waals surface area contributed by atoms with E-state index in [2.05, 4.69) is 5.32 Å². The number of benzene rings is 1. The molecule has 1 aromatic rings. The average Bonchev–Trinajstić information content (AvgIpc) is 2.49. The van der Waals surface area contributed by atoms with Crippen molar-refractivity contribution in [1.29, 1.82) is 0 Å². The third kappa shape index (κ3) is 5.01. The highest BCUT2D eigenvalue weighted by atomic mass is 19.1. The van der Waals surface area contributed by atoms with Gasteiger partial charge in [0.25, 0.3) is 0 Å². The molecule has 0 heterocycles. The van der Waals surface area contributed by atoms with Crippen LogP contribution in [0.5, 0.6) is 5.75 Å². The second kappa shape index (κ2) is 7.98. The van der Waals surface area contributed by atoms with Crippen molar-refractivity contribution in [1.82, 2.24) is 5.32 Å². The molecule has 0 unspecified atom stereocenters. The second-order valence-corrected chi connectivity index (χ2v) is 5.54. The fraction of sp³-hybridized carbons (Fsp3) is 0.562. The SMILES string of the molecule is O=C(O)C1CCC(CNCCOc2ccccc2F)CC1. The van der Waals surface area contributed by atoms with E-state index in [-0.39, 0.29) is 17.5 Å². The van der Waals surface area contributed by atoms with Crippen LogP contribution in [-0.2, 0) is 4.79 Å². The van der Waals surface area contributed by atoms with Crippen molar-refractivity contribution in [3.63, 3.8) is 0 Å². The topological polar surface area (TPSA) is 58.6 Å². The van der Waals surface area contributed by atoms with Gasteiger partial charge >= 0.3 is 5.97 Å². The van der Waals surface area contributed by atoms with Gasteiger partial charge < -0.3 is 15.2 Å². The third-order valence-electron chi connectivity index (χ3n) is 4.00. The number of hydrogen-bond donors (Lipinski definition) is 2. The average molecular weight is 295 g/mol. The minimum absolute atomic E-state index is 0.161. The van der Waals surface area contributed by atoms with Crippen molar-refractivity contribution in [2.45, 2.75) is 25.7 Å². The molecular formula is C16H22FNO3. The highest BCUT2D eigenvalue weighted by molar-refractivity contribution is 5.69. The Morgan fingerprint density at radius 2 is 2.00 bits per heavy atom. The molecule has 0 aromatic heterocycles. The Balaban J connectivity index is 1.57. The number of hydrogen-bond acceptors (Lipinski definition) is 3. The summed E-state index contributed by atoms with van der Waals surface area (Å²) in [6.45, 7) is 1.95. The molecular weight excluding hydrogens is 273 g/mol. The zero-order valence-electron chi connectivity index (χ0n) is 12.1. The van der Waals surface area contributed by atoms with Gasteiger partial charge in [0.15, 0.2) is 11.6 Å². The first-order valence-corrected chi connectivity index (χ1v) is 7.47. The van der Waals surface area contributed by atoms with Gasteiger partial charge in [0.05, 0.1) is 5.92 Å². The van der Waals surface area contributed by atoms with E-state index in [9.17, 15) is 9.18 Å². The minimum atomic E-state index is -0.667. The number of carboxylic acids is 1. The molecule has 1 aliphatic rings. The van der Waals surface area contributed by atoms with Crippen LogP contribution in [0.15, 0.2) is 24.3 Å². The fourth-order valence-corrected chi connectivity index (χ4v) is 2.71. The zero-order chi connectivity index (χ0) is 15.1. The summed E-state index contributed by atoms with van der Waals surface area (Å²) in [6.07, 6.45) is 3.46. The number of aliphatic carboxylic acids is 1. The van der Waals surface area contributed by atoms with Crippen molar-refractivity contribution in [2.75, 3.05) is 19.7 Å². The molecule has 0 aliphatic heterocycles. The highest BCUT2D eigenvalue weighted by Crippen LogP contribution is 2.28. The molecule has 0 bridgehead atoms. The first-order valence-electron chi connectivity index (χ1n) is 7.47. The number of rotatable bonds is 7. The van der Waals surface area contributed by atoms with Crippen LogP contribution in [0.25, 0.3) is 0 Å². The van der Waals surface area contributed by atoms with Gasteiger partial charge in [0, 0.05) is 6.54 Å². The second-order valence-electron chi connectivity index (χ2n) is 5.54. The lowest BCUT2D eigenvalue weighted by molar-refractivity contribution is -0.143. The molecule has 21 heavy (non-hydrogen) atoms. The van der Waals surface area contributed by atoms with E-state index in [0.717, 1.165) is 32.2 Å². The maximum absolute atomic E-state index is 13.3. The number of para-hydroxylation sites is 1. The van der Waals surface area contributed by atoms with Gasteiger partial charge in [-0.15, -0.1) is 0 Å². The van der Waals surface area contributed by atoms with Crippen molar-refractivity contribution in [3.05, 3.63) is 30.1 Å². The predicted octanol–water partition coefficient (Wildman–Crippen LogP) is 2.69. The zero-order valence-corrected chi connectivity index (χ0v) is 12.1. The molecule has 1 aliphatic carbocycles. The van der Waals surface area contributed by atoms with E-state index in [1.807, 2.05) is 0 Å². The molecule has 0 atom stereocenters. The number of nitrogens with one attached hydrogen (secondary N) is 1. The smallest absolute Gasteiger partial charge is 0.306 e. The van der Waals surface area contributed by atoms with E-state index in [1.54, 1.807) is 18.2 Å². The Hall–Kier alpha value is -1.62. The maximum Gasteiger partial charge on any atom is 0.306 e. The Morgan fingerprint density at radius 3 is 2.67 bits per heavy atom. The monoisotopic (exact) mass is 295 g/mol. The first-order chi connectivity index (χ1) is 10.2. The number of carbonyl (C=O) groups is 1. The number of halogens is 1. The van der Waals surface area contributed by atoms with Gasteiger partial charge in [-0.2, -0.15) is 0 Å². The van der Waals surface area contributed by atoms with Gasteiger partial charge in [-0.1, -0.05) is 12.1 Å². The molecule has 2 N–H and O–H groups in total. The Morgan fingerprint density at radius 1 is 1.29 bits per heavy atom. The van der Waals surface area contributed by atoms with Gasteiger partial charge in [-0.3, -0.25) is 4.79 Å². The fourth-order valence-electron chi connectivity index (χ4n) is 2.71. The summed E-state index contributed by atoms with van der Waals surface area (Å²) in [7, 11) is 0. The van der Waals surface area contributed by atoms with Gasteiger partial charge in [0.2, 0.25) is 0 Å². The van der Waals surface area contributed by atoms with Gasteiger partial charge in [-0.25, -0.2) is 4.39 Å². The van der Waals surface area contributed by atoms with E-state index < -0.39 is 5.97 Å². The van der Waals surface area contributed by atoms with Crippen molar-refractivity contribution in [3.8, 4) is 5.75 Å². The lowest BCUT2D eigenvalue weighted by Crippen LogP contribution is -2.31. The van der Waals surface area contributed by atoms with Crippen LogP contribution >= 0.6 is 0 Å². The maximum atomic E-state index is 13.3. The van der Waals surface area contributed by atoms with E-state index in [4.69, 9.17) is 9.84 Å². The molecule has 4 nitrogen and oxygen atoms in total. The van der Waals surface area contributed by atoms with E-state index >= 15 is 0 Å². The molecule has 0 saturated heterocycles. The van der Waals surface area contributed by atoms with Gasteiger partial charge in [-0.05, 0) is 50.3 Å². The molecule has 2 rings (SSSR count). The van der Waals surface area contributed by atoms with Crippen LogP contribution in [0, 0.1) is 17.7 Å². The Labute approximate surface area is 124 Å². The minimum Gasteiger partial charge on any atom is -0.489 e. The number of ether oxygens (including phenoxy) is 1. The summed E-state index contributed by atoms with van der Waals surface area (Å²) in [5.74, 6) is -0.356. The van der Waals surface area contributed by atoms with Crippen molar-refractivity contribution in [2.24, 2.45) is 11.8 Å². The molecule has 5 heteroatoms. The van der Waals surface area contributed by atoms with Crippen molar-refractivity contribution < 1.29 is 19.0 Å². The summed E-state index contributed by atoms with van der Waals surface area (Å²) >= 11 is 0. The highest BCUT2D eigenvalue weighted by Gasteiger charge is 2.25. The van der Waals surface area contributed by atoms with E-state index in [0.29, 0.717) is 19.1 Å². The molecule has 1 saturated carbocycles. The lowest BCUT2D eigenvalue weighted by atomic mass is 9.82. The molecule has 0 radical (unpaired) electrons. The van der Waals surface area contributed by atoms with Crippen LogP contribution in [0.2, 0.25) is 0 Å². The largest absolute Gasteiger partial charge is 0.489 e. The summed E-state index contributed by atoms with van der Waals surface area (Å²) in [6, 6.07) is 6.37. The quantitative estimate of drug-likeness (QED) is 0.759. The van der Waals surface area contributed by atoms with Crippen LogP contribution in [0.4, 0.5) is 4.39 Å². The first kappa shape index (κ1) is 15.8. The lowest BCUT2D eigenvalue weighted by Gasteiger charge is -2.26. The van der Waals surface area contributed by atoms with Crippen LogP contribution in [0.3, 0.4) is 0 Å². The Bertz CT molecular complexity index is 459. The molecule has 1 fully saturated rings. The summed E-state index contributed by atoms with van der Waals surface area (Å²) in [5.41, 5.74) is 0. The molecule has 116 valence electrons. The standard InChI is InChI=1S/C16H22FNO3/c17-14-3-1-2-4-15(14)21-10-9-18-11-12-5-7-13(8-6-12)16(19)20/h1-4,12-13,18H,5-11H2,(H,19,20). The summed E-state index contributed by atoms with van der Waals surface area (Å²) in [5, 5.41) is 12.2. The van der Waals surface area contributed by atoms with Crippen LogP contribution < -0.4 is 10.1 Å². The van der Waals surface area contributed by atoms with Crippen molar-refractivity contribution >= 4 is 5.97 Å². The molecule has 1 aromatic carbocycles. The van der Waals surface area contributed by atoms with Gasteiger partial charge in [0.1, 0.15) is 6.61 Å².